The predicted molar refractivity (Wildman–Crippen MR) is 76.8 cm³/mol. The van der Waals surface area contributed by atoms with E-state index in [9.17, 15) is 0 Å². The third kappa shape index (κ3) is 4.19. The van der Waals surface area contributed by atoms with Gasteiger partial charge < -0.3 is 15.5 Å². The van der Waals surface area contributed by atoms with E-state index >= 15 is 0 Å². The van der Waals surface area contributed by atoms with E-state index in [4.69, 9.17) is 5.73 Å². The highest BCUT2D eigenvalue weighted by atomic mass is 15.2. The van der Waals surface area contributed by atoms with Gasteiger partial charge in [-0.05, 0) is 59.4 Å². The molecule has 1 atom stereocenters. The molecule has 0 aromatic carbocycles. The Hall–Kier alpha value is -0.160. The molecule has 1 unspecified atom stereocenters. The first-order valence-corrected chi connectivity index (χ1v) is 7.52. The zero-order valence-electron chi connectivity index (χ0n) is 12.1. The Labute approximate surface area is 112 Å². The maximum atomic E-state index is 5.95. The van der Waals surface area contributed by atoms with Crippen LogP contribution in [0.1, 0.15) is 25.7 Å². The average Bonchev–Trinajstić information content (AvgIpc) is 2.75. The van der Waals surface area contributed by atoms with Crippen LogP contribution in [-0.2, 0) is 0 Å². The van der Waals surface area contributed by atoms with E-state index in [1.54, 1.807) is 0 Å². The van der Waals surface area contributed by atoms with Gasteiger partial charge in [0.15, 0.2) is 0 Å². The second-order valence-corrected chi connectivity index (χ2v) is 6.27. The van der Waals surface area contributed by atoms with Crippen molar-refractivity contribution in [1.82, 2.24) is 14.7 Å². The molecule has 4 nitrogen and oxygen atoms in total. The van der Waals surface area contributed by atoms with Gasteiger partial charge in [0.2, 0.25) is 0 Å². The quantitative estimate of drug-likeness (QED) is 0.772. The lowest BCUT2D eigenvalue weighted by Gasteiger charge is -2.33. The van der Waals surface area contributed by atoms with Gasteiger partial charge in [-0.25, -0.2) is 0 Å². The molecule has 4 heteroatoms. The minimum atomic E-state index is 0.453. The Morgan fingerprint density at radius 2 is 1.78 bits per heavy atom. The zero-order chi connectivity index (χ0) is 13.0. The van der Waals surface area contributed by atoms with Gasteiger partial charge in [-0.1, -0.05) is 0 Å². The fourth-order valence-corrected chi connectivity index (χ4v) is 3.26. The lowest BCUT2D eigenvalue weighted by atomic mass is 10.1. The lowest BCUT2D eigenvalue weighted by molar-refractivity contribution is 0.154. The van der Waals surface area contributed by atoms with Crippen LogP contribution in [-0.4, -0.2) is 80.1 Å². The van der Waals surface area contributed by atoms with Gasteiger partial charge in [-0.2, -0.15) is 0 Å². The van der Waals surface area contributed by atoms with Crippen LogP contribution in [0.4, 0.5) is 0 Å². The van der Waals surface area contributed by atoms with Crippen molar-refractivity contribution >= 4 is 0 Å². The number of likely N-dealkylation sites (N-methyl/N-ethyl adjacent to an activating group) is 1. The molecule has 0 radical (unpaired) electrons. The molecule has 2 aliphatic rings. The van der Waals surface area contributed by atoms with Crippen LogP contribution in [0.15, 0.2) is 0 Å². The summed E-state index contributed by atoms with van der Waals surface area (Å²) in [5, 5.41) is 0. The Balaban J connectivity index is 1.69. The summed E-state index contributed by atoms with van der Waals surface area (Å²) in [5.41, 5.74) is 5.95. The van der Waals surface area contributed by atoms with Crippen molar-refractivity contribution in [2.45, 2.75) is 37.8 Å². The van der Waals surface area contributed by atoms with Crippen molar-refractivity contribution in [3.8, 4) is 0 Å². The minimum Gasteiger partial charge on any atom is -0.328 e. The van der Waals surface area contributed by atoms with Crippen LogP contribution in [0.3, 0.4) is 0 Å². The number of nitrogens with zero attached hydrogens (tertiary/aromatic N) is 3. The highest BCUT2D eigenvalue weighted by Gasteiger charge is 2.25. The molecule has 0 saturated carbocycles. The third-order valence-corrected chi connectivity index (χ3v) is 4.41. The van der Waals surface area contributed by atoms with Gasteiger partial charge in [0.1, 0.15) is 0 Å². The van der Waals surface area contributed by atoms with Crippen LogP contribution in [0.25, 0.3) is 0 Å². The van der Waals surface area contributed by atoms with E-state index < -0.39 is 0 Å². The second kappa shape index (κ2) is 6.85. The summed E-state index contributed by atoms with van der Waals surface area (Å²) in [4.78, 5) is 7.60. The van der Waals surface area contributed by atoms with Crippen molar-refractivity contribution in [2.24, 2.45) is 5.73 Å². The normalized spacial score (nSPS) is 28.3. The summed E-state index contributed by atoms with van der Waals surface area (Å²) in [5.74, 6) is 0. The number of rotatable bonds is 5. The SMILES string of the molecule is CN(C)CC1CCCN1CCN1CCC(N)CC1. The summed E-state index contributed by atoms with van der Waals surface area (Å²) in [6, 6.07) is 1.24. The molecule has 2 N–H and O–H groups in total. The Morgan fingerprint density at radius 1 is 1.06 bits per heavy atom. The number of nitrogens with two attached hydrogens (primary N) is 1. The van der Waals surface area contributed by atoms with E-state index in [1.807, 2.05) is 0 Å². The molecule has 2 fully saturated rings. The lowest BCUT2D eigenvalue weighted by Crippen LogP contribution is -2.45. The molecule has 18 heavy (non-hydrogen) atoms. The van der Waals surface area contributed by atoms with Gasteiger partial charge in [0, 0.05) is 31.7 Å². The fourth-order valence-electron chi connectivity index (χ4n) is 3.26. The predicted octanol–water partition coefficient (Wildman–Crippen LogP) is 0.436. The van der Waals surface area contributed by atoms with Crippen LogP contribution < -0.4 is 5.73 Å². The van der Waals surface area contributed by atoms with E-state index in [0.717, 1.165) is 6.04 Å². The topological polar surface area (TPSA) is 35.7 Å². The number of hydrogen-bond donors (Lipinski definition) is 1. The number of piperidine rings is 1. The second-order valence-electron chi connectivity index (χ2n) is 6.27. The molecular weight excluding hydrogens is 224 g/mol. The van der Waals surface area contributed by atoms with E-state index in [0.29, 0.717) is 6.04 Å². The molecule has 0 amide bonds. The molecule has 0 aliphatic carbocycles. The van der Waals surface area contributed by atoms with E-state index in [2.05, 4.69) is 28.8 Å². The monoisotopic (exact) mass is 254 g/mol. The highest BCUT2D eigenvalue weighted by Crippen LogP contribution is 2.18. The smallest absolute Gasteiger partial charge is 0.0223 e. The first kappa shape index (κ1) is 14.3. The molecule has 0 aromatic heterocycles. The summed E-state index contributed by atoms with van der Waals surface area (Å²) in [6.07, 6.45) is 5.12. The first-order chi connectivity index (χ1) is 8.65. The standard InChI is InChI=1S/C14H30N4/c1-16(2)12-14-4-3-7-18(14)11-10-17-8-5-13(15)6-9-17/h13-14H,3-12,15H2,1-2H3. The third-order valence-electron chi connectivity index (χ3n) is 4.41. The van der Waals surface area contributed by atoms with Crippen molar-refractivity contribution in [3.63, 3.8) is 0 Å². The van der Waals surface area contributed by atoms with Crippen molar-refractivity contribution in [2.75, 3.05) is 53.4 Å². The minimum absolute atomic E-state index is 0.453. The molecular formula is C14H30N4. The Morgan fingerprint density at radius 3 is 2.44 bits per heavy atom. The van der Waals surface area contributed by atoms with Crippen LogP contribution >= 0.6 is 0 Å². The van der Waals surface area contributed by atoms with Crippen LogP contribution in [0.2, 0.25) is 0 Å². The zero-order valence-corrected chi connectivity index (χ0v) is 12.1. The average molecular weight is 254 g/mol. The largest absolute Gasteiger partial charge is 0.328 e. The van der Waals surface area contributed by atoms with Gasteiger partial charge in [0.25, 0.3) is 0 Å². The van der Waals surface area contributed by atoms with Crippen LogP contribution in [0, 0.1) is 0 Å². The fraction of sp³-hybridized carbons (Fsp3) is 1.00. The molecule has 2 aliphatic heterocycles. The van der Waals surface area contributed by atoms with E-state index in [-0.39, 0.29) is 0 Å². The summed E-state index contributed by atoms with van der Waals surface area (Å²) >= 11 is 0. The summed E-state index contributed by atoms with van der Waals surface area (Å²) in [7, 11) is 4.37. The maximum Gasteiger partial charge on any atom is 0.0223 e. The maximum absolute atomic E-state index is 5.95. The number of likely N-dealkylation sites (tertiary alicyclic amines) is 2. The van der Waals surface area contributed by atoms with Gasteiger partial charge in [-0.3, -0.25) is 4.90 Å². The molecule has 0 bridgehead atoms. The van der Waals surface area contributed by atoms with Gasteiger partial charge in [0.05, 0.1) is 0 Å². The molecule has 106 valence electrons. The van der Waals surface area contributed by atoms with Crippen molar-refractivity contribution < 1.29 is 0 Å². The molecule has 2 rings (SSSR count). The van der Waals surface area contributed by atoms with Crippen molar-refractivity contribution in [3.05, 3.63) is 0 Å². The van der Waals surface area contributed by atoms with Gasteiger partial charge >= 0.3 is 0 Å². The number of hydrogen-bond acceptors (Lipinski definition) is 4. The molecule has 2 heterocycles. The summed E-state index contributed by atoms with van der Waals surface area (Å²) < 4.78 is 0. The molecule has 2 saturated heterocycles. The Bertz CT molecular complexity index is 236. The van der Waals surface area contributed by atoms with Crippen molar-refractivity contribution in [1.29, 1.82) is 0 Å². The highest BCUT2D eigenvalue weighted by molar-refractivity contribution is 4.82. The first-order valence-electron chi connectivity index (χ1n) is 7.52. The molecule has 0 aromatic rings. The van der Waals surface area contributed by atoms with E-state index in [1.165, 1.54) is 65.0 Å². The summed E-state index contributed by atoms with van der Waals surface area (Å²) in [6.45, 7) is 7.39. The molecule has 0 spiro atoms. The van der Waals surface area contributed by atoms with Gasteiger partial charge in [-0.15, -0.1) is 0 Å². The Kier molecular flexibility index (Phi) is 5.42. The van der Waals surface area contributed by atoms with Crippen LogP contribution in [0.5, 0.6) is 0 Å².